The molecule has 132 valence electrons. The molecule has 1 aliphatic rings. The number of halogens is 2. The lowest BCUT2D eigenvalue weighted by molar-refractivity contribution is 0.0268. The van der Waals surface area contributed by atoms with Gasteiger partial charge in [-0.05, 0) is 13.8 Å². The first kappa shape index (κ1) is 20.6. The van der Waals surface area contributed by atoms with E-state index in [4.69, 9.17) is 9.72 Å². The van der Waals surface area contributed by atoms with E-state index in [0.29, 0.717) is 0 Å². The van der Waals surface area contributed by atoms with Gasteiger partial charge in [0.2, 0.25) is 0 Å². The maximum Gasteiger partial charge on any atom is 0.161 e. The Morgan fingerprint density at radius 2 is 1.96 bits per heavy atom. The Hall–Kier alpha value is -1.40. The summed E-state index contributed by atoms with van der Waals surface area (Å²) in [5.41, 5.74) is 2.00. The van der Waals surface area contributed by atoms with Crippen LogP contribution in [0.3, 0.4) is 0 Å². The van der Waals surface area contributed by atoms with E-state index in [9.17, 15) is 0 Å². The Labute approximate surface area is 155 Å². The van der Waals surface area contributed by atoms with Crippen LogP contribution in [0.25, 0.3) is 11.4 Å². The Morgan fingerprint density at radius 3 is 2.58 bits per heavy atom. The SMILES string of the molecule is CCN(c1cc(C)nc(-c2ccccc2)n1)C1CNCCO1.Cl.Cl. The van der Waals surface area contributed by atoms with Gasteiger partial charge in [0.1, 0.15) is 12.0 Å². The highest BCUT2D eigenvalue weighted by Gasteiger charge is 2.22. The third-order valence-electron chi connectivity index (χ3n) is 3.76. The normalized spacial score (nSPS) is 16.7. The lowest BCUT2D eigenvalue weighted by atomic mass is 10.2. The minimum absolute atomic E-state index is 0. The van der Waals surface area contributed by atoms with Crippen LogP contribution >= 0.6 is 24.8 Å². The zero-order valence-electron chi connectivity index (χ0n) is 13.9. The van der Waals surface area contributed by atoms with Gasteiger partial charge in [-0.3, -0.25) is 0 Å². The predicted octanol–water partition coefficient (Wildman–Crippen LogP) is 3.07. The van der Waals surface area contributed by atoms with Crippen LogP contribution in [0.15, 0.2) is 36.4 Å². The molecule has 0 radical (unpaired) electrons. The van der Waals surface area contributed by atoms with E-state index in [-0.39, 0.29) is 31.0 Å². The molecule has 1 atom stereocenters. The topological polar surface area (TPSA) is 50.3 Å². The number of nitrogens with zero attached hydrogens (tertiary/aromatic N) is 3. The fraction of sp³-hybridized carbons (Fsp3) is 0.412. The summed E-state index contributed by atoms with van der Waals surface area (Å²) in [6.45, 7) is 7.43. The molecule has 1 aliphatic heterocycles. The first-order valence-corrected chi connectivity index (χ1v) is 7.78. The molecule has 0 spiro atoms. The van der Waals surface area contributed by atoms with Crippen LogP contribution in [0, 0.1) is 6.92 Å². The second-order valence-corrected chi connectivity index (χ2v) is 5.37. The number of morpholine rings is 1. The summed E-state index contributed by atoms with van der Waals surface area (Å²) in [4.78, 5) is 11.5. The third-order valence-corrected chi connectivity index (χ3v) is 3.76. The molecular formula is C17H24Cl2N4O. The second kappa shape index (κ2) is 9.79. The highest BCUT2D eigenvalue weighted by molar-refractivity contribution is 5.85. The molecule has 0 aliphatic carbocycles. The summed E-state index contributed by atoms with van der Waals surface area (Å²) >= 11 is 0. The molecular weight excluding hydrogens is 347 g/mol. The number of likely N-dealkylation sites (N-methyl/N-ethyl adjacent to an activating group) is 1. The molecule has 2 heterocycles. The van der Waals surface area contributed by atoms with Crippen molar-refractivity contribution in [3.63, 3.8) is 0 Å². The van der Waals surface area contributed by atoms with Gasteiger partial charge >= 0.3 is 0 Å². The van der Waals surface area contributed by atoms with Crippen molar-refractivity contribution in [1.82, 2.24) is 15.3 Å². The average Bonchev–Trinajstić information content (AvgIpc) is 2.57. The predicted molar refractivity (Wildman–Crippen MR) is 102 cm³/mol. The quantitative estimate of drug-likeness (QED) is 0.895. The monoisotopic (exact) mass is 370 g/mol. The number of rotatable bonds is 4. The molecule has 1 fully saturated rings. The fourth-order valence-electron chi connectivity index (χ4n) is 2.68. The Kier molecular flexibility index (Phi) is 8.42. The lowest BCUT2D eigenvalue weighted by Gasteiger charge is -2.34. The van der Waals surface area contributed by atoms with E-state index < -0.39 is 0 Å². The van der Waals surface area contributed by atoms with Gasteiger partial charge in [0.05, 0.1) is 6.61 Å². The number of hydrogen-bond donors (Lipinski definition) is 1. The molecule has 5 nitrogen and oxygen atoms in total. The number of hydrogen-bond acceptors (Lipinski definition) is 5. The molecule has 0 saturated carbocycles. The van der Waals surface area contributed by atoms with Crippen LogP contribution < -0.4 is 10.2 Å². The van der Waals surface area contributed by atoms with Gasteiger partial charge in [-0.1, -0.05) is 30.3 Å². The number of aromatic nitrogens is 2. The number of aryl methyl sites for hydroxylation is 1. The summed E-state index contributed by atoms with van der Waals surface area (Å²) in [7, 11) is 0. The molecule has 1 aromatic heterocycles. The average molecular weight is 371 g/mol. The summed E-state index contributed by atoms with van der Waals surface area (Å²) < 4.78 is 5.87. The first-order chi connectivity index (χ1) is 10.8. The molecule has 7 heteroatoms. The van der Waals surface area contributed by atoms with E-state index in [1.807, 2.05) is 43.3 Å². The van der Waals surface area contributed by atoms with Gasteiger partial charge in [-0.2, -0.15) is 0 Å². The smallest absolute Gasteiger partial charge is 0.161 e. The van der Waals surface area contributed by atoms with E-state index in [2.05, 4.69) is 22.1 Å². The molecule has 2 aromatic rings. The Morgan fingerprint density at radius 1 is 1.21 bits per heavy atom. The highest BCUT2D eigenvalue weighted by Crippen LogP contribution is 2.22. The van der Waals surface area contributed by atoms with Crippen molar-refractivity contribution in [1.29, 1.82) is 0 Å². The zero-order valence-corrected chi connectivity index (χ0v) is 15.6. The van der Waals surface area contributed by atoms with Crippen molar-refractivity contribution in [2.24, 2.45) is 0 Å². The van der Waals surface area contributed by atoms with Gasteiger partial charge in [0.15, 0.2) is 5.82 Å². The third kappa shape index (κ3) is 4.80. The summed E-state index contributed by atoms with van der Waals surface area (Å²) in [5, 5.41) is 3.37. The van der Waals surface area contributed by atoms with Gasteiger partial charge in [-0.15, -0.1) is 24.8 Å². The van der Waals surface area contributed by atoms with Gasteiger partial charge < -0.3 is 15.0 Å². The highest BCUT2D eigenvalue weighted by atomic mass is 35.5. The van der Waals surface area contributed by atoms with E-state index >= 15 is 0 Å². The van der Waals surface area contributed by atoms with Crippen molar-refractivity contribution in [2.75, 3.05) is 31.1 Å². The van der Waals surface area contributed by atoms with E-state index in [1.165, 1.54) is 0 Å². The molecule has 1 N–H and O–H groups in total. The molecule has 0 amide bonds. The summed E-state index contributed by atoms with van der Waals surface area (Å²) in [6, 6.07) is 12.1. The minimum atomic E-state index is 0. The molecule has 1 saturated heterocycles. The van der Waals surface area contributed by atoms with E-state index in [1.54, 1.807) is 0 Å². The molecule has 1 unspecified atom stereocenters. The van der Waals surface area contributed by atoms with Crippen molar-refractivity contribution < 1.29 is 4.74 Å². The van der Waals surface area contributed by atoms with Crippen molar-refractivity contribution in [2.45, 2.75) is 20.1 Å². The second-order valence-electron chi connectivity index (χ2n) is 5.37. The lowest BCUT2D eigenvalue weighted by Crippen LogP contribution is -2.49. The molecule has 1 aromatic carbocycles. The van der Waals surface area contributed by atoms with Crippen LogP contribution in [-0.2, 0) is 4.74 Å². The van der Waals surface area contributed by atoms with E-state index in [0.717, 1.165) is 49.1 Å². The van der Waals surface area contributed by atoms with Gasteiger partial charge in [0.25, 0.3) is 0 Å². The number of anilines is 1. The van der Waals surface area contributed by atoms with Crippen molar-refractivity contribution >= 4 is 30.6 Å². The van der Waals surface area contributed by atoms with Crippen LogP contribution in [0.5, 0.6) is 0 Å². The van der Waals surface area contributed by atoms with Crippen molar-refractivity contribution in [3.8, 4) is 11.4 Å². The maximum absolute atomic E-state index is 5.87. The molecule has 0 bridgehead atoms. The minimum Gasteiger partial charge on any atom is -0.356 e. The summed E-state index contributed by atoms with van der Waals surface area (Å²) in [6.07, 6.45) is 0.0247. The first-order valence-electron chi connectivity index (χ1n) is 7.78. The van der Waals surface area contributed by atoms with Gasteiger partial charge in [0, 0.05) is 37.0 Å². The molecule has 3 rings (SSSR count). The van der Waals surface area contributed by atoms with Crippen LogP contribution in [0.1, 0.15) is 12.6 Å². The van der Waals surface area contributed by atoms with Gasteiger partial charge in [-0.25, -0.2) is 9.97 Å². The fourth-order valence-corrected chi connectivity index (χ4v) is 2.68. The van der Waals surface area contributed by atoms with Crippen LogP contribution in [0.2, 0.25) is 0 Å². The van der Waals surface area contributed by atoms with Crippen molar-refractivity contribution in [3.05, 3.63) is 42.1 Å². The number of benzene rings is 1. The number of ether oxygens (including phenoxy) is 1. The zero-order chi connectivity index (χ0) is 15.4. The standard InChI is InChI=1S/C17H22N4O.2ClH/c1-3-21(16-12-18-9-10-22-16)15-11-13(2)19-17(20-15)14-7-5-4-6-8-14;;/h4-8,11,16,18H,3,9-10,12H2,1-2H3;2*1H. The summed E-state index contributed by atoms with van der Waals surface area (Å²) in [5.74, 6) is 1.68. The van der Waals surface area contributed by atoms with Crippen LogP contribution in [-0.4, -0.2) is 42.4 Å². The largest absolute Gasteiger partial charge is 0.356 e. The Bertz CT molecular complexity index is 621. The van der Waals surface area contributed by atoms with Crippen LogP contribution in [0.4, 0.5) is 5.82 Å². The maximum atomic E-state index is 5.87. The number of nitrogens with one attached hydrogen (secondary N) is 1. The molecule has 24 heavy (non-hydrogen) atoms. The Balaban J connectivity index is 0.00000144.